The van der Waals surface area contributed by atoms with Gasteiger partial charge in [-0.1, -0.05) is 13.3 Å². The van der Waals surface area contributed by atoms with Crippen molar-refractivity contribution in [3.63, 3.8) is 0 Å². The van der Waals surface area contributed by atoms with Crippen LogP contribution >= 0.6 is 12.4 Å². The van der Waals surface area contributed by atoms with Gasteiger partial charge in [-0.15, -0.1) is 12.4 Å². The number of aliphatic carboxylic acids is 1. The summed E-state index contributed by atoms with van der Waals surface area (Å²) in [6, 6.07) is -0.545. The summed E-state index contributed by atoms with van der Waals surface area (Å²) in [7, 11) is 0. The minimum atomic E-state index is -0.841. The van der Waals surface area contributed by atoms with Gasteiger partial charge in [0.05, 0.1) is 6.54 Å². The van der Waals surface area contributed by atoms with Gasteiger partial charge in [0, 0.05) is 18.9 Å². The van der Waals surface area contributed by atoms with E-state index in [1.54, 1.807) is 13.1 Å². The molecule has 0 aromatic carbocycles. The SMILES string of the molecule is CCCCn1ccnc1CNC(C)C(=O)O.Cl. The summed E-state index contributed by atoms with van der Waals surface area (Å²) in [6.45, 7) is 5.20. The van der Waals surface area contributed by atoms with Crippen molar-refractivity contribution >= 4 is 18.4 Å². The van der Waals surface area contributed by atoms with Crippen LogP contribution in [0.4, 0.5) is 0 Å². The zero-order valence-electron chi connectivity index (χ0n) is 10.2. The molecule has 6 heteroatoms. The van der Waals surface area contributed by atoms with Gasteiger partial charge in [0.15, 0.2) is 0 Å². The lowest BCUT2D eigenvalue weighted by molar-refractivity contribution is -0.139. The maximum Gasteiger partial charge on any atom is 0.320 e. The first-order chi connectivity index (χ1) is 7.65. The molecule has 0 aliphatic heterocycles. The molecule has 1 aromatic rings. The number of nitrogens with zero attached hydrogens (tertiary/aromatic N) is 2. The van der Waals surface area contributed by atoms with Crippen LogP contribution in [-0.4, -0.2) is 26.7 Å². The van der Waals surface area contributed by atoms with Gasteiger partial charge in [0.2, 0.25) is 0 Å². The van der Waals surface area contributed by atoms with Gasteiger partial charge in [-0.05, 0) is 13.3 Å². The van der Waals surface area contributed by atoms with E-state index < -0.39 is 12.0 Å². The highest BCUT2D eigenvalue weighted by Gasteiger charge is 2.11. The highest BCUT2D eigenvalue weighted by molar-refractivity contribution is 5.85. The third-order valence-corrected chi connectivity index (χ3v) is 2.49. The van der Waals surface area contributed by atoms with Crippen LogP contribution in [0.25, 0.3) is 0 Å². The van der Waals surface area contributed by atoms with Crippen LogP contribution < -0.4 is 5.32 Å². The Morgan fingerprint density at radius 2 is 2.35 bits per heavy atom. The maximum absolute atomic E-state index is 10.6. The number of rotatable bonds is 7. The smallest absolute Gasteiger partial charge is 0.320 e. The Balaban J connectivity index is 0.00000256. The molecule has 1 aromatic heterocycles. The first kappa shape index (κ1) is 15.9. The Hall–Kier alpha value is -1.07. The van der Waals surface area contributed by atoms with Gasteiger partial charge in [-0.25, -0.2) is 4.98 Å². The van der Waals surface area contributed by atoms with Crippen LogP contribution in [-0.2, 0) is 17.9 Å². The number of aryl methyl sites for hydroxylation is 1. The average molecular weight is 262 g/mol. The number of hydrogen-bond donors (Lipinski definition) is 2. The van der Waals surface area contributed by atoms with E-state index in [2.05, 4.69) is 21.8 Å². The molecule has 0 spiro atoms. The average Bonchev–Trinajstić information content (AvgIpc) is 2.70. The lowest BCUT2D eigenvalue weighted by atomic mass is 10.3. The number of hydrogen-bond acceptors (Lipinski definition) is 3. The lowest BCUT2D eigenvalue weighted by Crippen LogP contribution is -2.33. The normalized spacial score (nSPS) is 11.9. The van der Waals surface area contributed by atoms with Gasteiger partial charge in [0.25, 0.3) is 0 Å². The van der Waals surface area contributed by atoms with Crippen molar-refractivity contribution in [1.82, 2.24) is 14.9 Å². The molecule has 0 fully saturated rings. The molecule has 98 valence electrons. The molecule has 2 N–H and O–H groups in total. The van der Waals surface area contributed by atoms with E-state index in [0.29, 0.717) is 6.54 Å². The second-order valence-corrected chi connectivity index (χ2v) is 3.83. The number of carboxylic acid groups (broad SMARTS) is 1. The van der Waals surface area contributed by atoms with E-state index in [9.17, 15) is 4.79 Å². The molecule has 0 amide bonds. The molecule has 1 rings (SSSR count). The molecule has 1 heterocycles. The van der Waals surface area contributed by atoms with E-state index >= 15 is 0 Å². The van der Waals surface area contributed by atoms with Crippen LogP contribution in [0.1, 0.15) is 32.5 Å². The lowest BCUT2D eigenvalue weighted by Gasteiger charge is -2.10. The van der Waals surface area contributed by atoms with Crippen molar-refractivity contribution in [2.24, 2.45) is 0 Å². The van der Waals surface area contributed by atoms with E-state index in [0.717, 1.165) is 25.2 Å². The van der Waals surface area contributed by atoms with E-state index in [1.807, 2.05) is 6.20 Å². The summed E-state index contributed by atoms with van der Waals surface area (Å²) in [4.78, 5) is 14.8. The van der Waals surface area contributed by atoms with Gasteiger partial charge in [-0.3, -0.25) is 10.1 Å². The van der Waals surface area contributed by atoms with Crippen LogP contribution in [0.2, 0.25) is 0 Å². The number of carbonyl (C=O) groups is 1. The fourth-order valence-electron chi connectivity index (χ4n) is 1.37. The highest BCUT2D eigenvalue weighted by atomic mass is 35.5. The number of halogens is 1. The molecule has 17 heavy (non-hydrogen) atoms. The van der Waals surface area contributed by atoms with Crippen LogP contribution in [0.5, 0.6) is 0 Å². The molecular formula is C11H20ClN3O2. The molecule has 5 nitrogen and oxygen atoms in total. The van der Waals surface area contributed by atoms with Crippen molar-refractivity contribution in [3.8, 4) is 0 Å². The van der Waals surface area contributed by atoms with Gasteiger partial charge in [-0.2, -0.15) is 0 Å². The number of imidazole rings is 1. The van der Waals surface area contributed by atoms with E-state index in [4.69, 9.17) is 5.11 Å². The fraction of sp³-hybridized carbons (Fsp3) is 0.636. The summed E-state index contributed by atoms with van der Waals surface area (Å²) >= 11 is 0. The molecule has 1 atom stereocenters. The maximum atomic E-state index is 10.6. The zero-order valence-corrected chi connectivity index (χ0v) is 11.0. The molecule has 0 aliphatic rings. The molecule has 0 aliphatic carbocycles. The Bertz CT molecular complexity index is 341. The van der Waals surface area contributed by atoms with Crippen LogP contribution in [0.3, 0.4) is 0 Å². The van der Waals surface area contributed by atoms with Crippen molar-refractivity contribution in [3.05, 3.63) is 18.2 Å². The van der Waals surface area contributed by atoms with E-state index in [1.165, 1.54) is 0 Å². The summed E-state index contributed by atoms with van der Waals surface area (Å²) < 4.78 is 2.06. The second kappa shape index (κ2) is 8.08. The molecule has 0 saturated carbocycles. The predicted molar refractivity (Wildman–Crippen MR) is 68.3 cm³/mol. The quantitative estimate of drug-likeness (QED) is 0.784. The molecule has 1 unspecified atom stereocenters. The van der Waals surface area contributed by atoms with Crippen molar-refractivity contribution in [1.29, 1.82) is 0 Å². The number of aromatic nitrogens is 2. The number of carboxylic acids is 1. The van der Waals surface area contributed by atoms with Crippen molar-refractivity contribution in [2.75, 3.05) is 0 Å². The van der Waals surface area contributed by atoms with Gasteiger partial charge in [0.1, 0.15) is 11.9 Å². The summed E-state index contributed by atoms with van der Waals surface area (Å²) in [5, 5.41) is 11.7. The zero-order chi connectivity index (χ0) is 12.0. The minimum absolute atomic E-state index is 0. The highest BCUT2D eigenvalue weighted by Crippen LogP contribution is 2.01. The Morgan fingerprint density at radius 3 is 2.94 bits per heavy atom. The third kappa shape index (κ3) is 5.19. The Morgan fingerprint density at radius 1 is 1.65 bits per heavy atom. The number of unbranched alkanes of at least 4 members (excludes halogenated alkanes) is 1. The van der Waals surface area contributed by atoms with Gasteiger partial charge >= 0.3 is 5.97 Å². The van der Waals surface area contributed by atoms with Crippen molar-refractivity contribution in [2.45, 2.75) is 45.8 Å². The largest absolute Gasteiger partial charge is 0.480 e. The molecule has 0 bridgehead atoms. The minimum Gasteiger partial charge on any atom is -0.480 e. The van der Waals surface area contributed by atoms with E-state index in [-0.39, 0.29) is 12.4 Å². The van der Waals surface area contributed by atoms with Crippen LogP contribution in [0, 0.1) is 0 Å². The molecule has 0 radical (unpaired) electrons. The molecular weight excluding hydrogens is 242 g/mol. The summed E-state index contributed by atoms with van der Waals surface area (Å²) in [5.41, 5.74) is 0. The Labute approximate surface area is 108 Å². The Kier molecular flexibility index (Phi) is 7.58. The topological polar surface area (TPSA) is 67.2 Å². The van der Waals surface area contributed by atoms with Gasteiger partial charge < -0.3 is 9.67 Å². The summed E-state index contributed by atoms with van der Waals surface area (Å²) in [5.74, 6) is 0.0493. The van der Waals surface area contributed by atoms with Crippen molar-refractivity contribution < 1.29 is 9.90 Å². The first-order valence-corrected chi connectivity index (χ1v) is 5.61. The predicted octanol–water partition coefficient (Wildman–Crippen LogP) is 1.67. The van der Waals surface area contributed by atoms with Crippen LogP contribution in [0.15, 0.2) is 12.4 Å². The first-order valence-electron chi connectivity index (χ1n) is 5.61. The number of nitrogens with one attached hydrogen (secondary N) is 1. The second-order valence-electron chi connectivity index (χ2n) is 3.83. The monoisotopic (exact) mass is 261 g/mol. The third-order valence-electron chi connectivity index (χ3n) is 2.49. The standard InChI is InChI=1S/C11H19N3O2.ClH/c1-3-4-6-14-7-5-12-10(14)8-13-9(2)11(15)16;/h5,7,9,13H,3-4,6,8H2,1-2H3,(H,15,16);1H. The summed E-state index contributed by atoms with van der Waals surface area (Å²) in [6.07, 6.45) is 5.92. The fourth-order valence-corrected chi connectivity index (χ4v) is 1.37. The molecule has 0 saturated heterocycles.